The number of nitrogens with one attached hydrogen (secondary N) is 2. The predicted molar refractivity (Wildman–Crippen MR) is 201 cm³/mol. The minimum atomic E-state index is -2.28. The van der Waals surface area contributed by atoms with E-state index < -0.39 is 94.1 Å². The van der Waals surface area contributed by atoms with E-state index in [1.54, 1.807) is 6.92 Å². The number of carbonyl (C=O) groups excluding carboxylic acids is 1. The number of rotatable bonds is 10. The minimum Gasteiger partial charge on any atom is -0.411 e. The Balaban J connectivity index is 0.000000286. The standard InChI is InChI=1S/C17H29N3O6Si.C17H28N2O6Si/c1-11-13(26-27(5,6)16(2,3)4)17(10-21,9-18-24)25-14(11)20-8-7-12(22)19-15(20)23;1-11-13(25-26(5,6)16(2,3)4)17(9-20,10-21)24-14(11)19-8-7-12(22)18-15(19)23/h7-9,11,13-14,21,24H,10H2,1-6H3,(H,19,22,23);7-9,11,13-14,21H,10H2,1-6H3,(H,18,22,23)/b18-9+;. The minimum absolute atomic E-state index is 0.100. The molecule has 298 valence electrons. The summed E-state index contributed by atoms with van der Waals surface area (Å²) in [4.78, 5) is 63.3. The Bertz CT molecular complexity index is 1860. The highest BCUT2D eigenvalue weighted by Gasteiger charge is 2.58. The number of ether oxygens (including phenoxy) is 2. The van der Waals surface area contributed by atoms with Gasteiger partial charge in [0.2, 0.25) is 0 Å². The van der Waals surface area contributed by atoms with Crippen molar-refractivity contribution in [3.05, 3.63) is 66.2 Å². The van der Waals surface area contributed by atoms with Gasteiger partial charge in [-0.2, -0.15) is 0 Å². The Morgan fingerprint density at radius 2 is 1.13 bits per heavy atom. The third-order valence-electron chi connectivity index (χ3n) is 11.2. The van der Waals surface area contributed by atoms with Crippen LogP contribution in [0.1, 0.15) is 67.8 Å². The summed E-state index contributed by atoms with van der Waals surface area (Å²) >= 11 is 0. The van der Waals surface area contributed by atoms with E-state index >= 15 is 0 Å². The maximum atomic E-state index is 12.2. The number of aromatic amines is 2. The van der Waals surface area contributed by atoms with Crippen LogP contribution in [0.4, 0.5) is 0 Å². The SMILES string of the molecule is CC1C(n2ccc(=O)[nH]c2=O)OC(/C=N/O)(CO)C1O[Si](C)(C)C(C)(C)C.CC1C(n2ccc(=O)[nH]c2=O)OC(C=O)(CO)C1O[Si](C)(C)C(C)(C)C. The number of aromatic nitrogens is 4. The summed E-state index contributed by atoms with van der Waals surface area (Å²) in [6, 6.07) is 2.43. The van der Waals surface area contributed by atoms with Crippen molar-refractivity contribution in [1.29, 1.82) is 0 Å². The summed E-state index contributed by atoms with van der Waals surface area (Å²) in [7, 11) is -4.56. The molecular formula is C34H57N5O12Si2. The molecule has 0 spiro atoms. The van der Waals surface area contributed by atoms with Crippen LogP contribution in [0.5, 0.6) is 0 Å². The lowest BCUT2D eigenvalue weighted by molar-refractivity contribution is -0.150. The van der Waals surface area contributed by atoms with Gasteiger partial charge in [-0.25, -0.2) is 9.59 Å². The second-order valence-corrected chi connectivity index (χ2v) is 26.5. The van der Waals surface area contributed by atoms with Crippen molar-refractivity contribution in [1.82, 2.24) is 19.1 Å². The van der Waals surface area contributed by atoms with Crippen LogP contribution in [0.15, 0.2) is 48.9 Å². The van der Waals surface area contributed by atoms with Gasteiger partial charge in [-0.3, -0.25) is 33.5 Å². The molecule has 0 bridgehead atoms. The number of hydrogen-bond acceptors (Lipinski definition) is 13. The highest BCUT2D eigenvalue weighted by Crippen LogP contribution is 2.48. The van der Waals surface area contributed by atoms with Crippen LogP contribution in [-0.4, -0.2) is 100 Å². The Morgan fingerprint density at radius 1 is 0.774 bits per heavy atom. The topological polar surface area (TPSA) is 237 Å². The summed E-state index contributed by atoms with van der Waals surface area (Å²) in [5, 5.41) is 32.0. The first-order chi connectivity index (χ1) is 24.3. The van der Waals surface area contributed by atoms with Crippen molar-refractivity contribution < 1.29 is 38.5 Å². The average molecular weight is 784 g/mol. The molecule has 5 N–H and O–H groups in total. The first-order valence-corrected chi connectivity index (χ1v) is 23.3. The van der Waals surface area contributed by atoms with Crippen molar-refractivity contribution in [2.45, 2.75) is 128 Å². The summed E-state index contributed by atoms with van der Waals surface area (Å²) in [5.41, 5.74) is -5.27. The van der Waals surface area contributed by atoms with Crippen LogP contribution in [0, 0.1) is 11.8 Å². The van der Waals surface area contributed by atoms with Crippen LogP contribution < -0.4 is 22.5 Å². The summed E-state index contributed by atoms with van der Waals surface area (Å²) in [5.74, 6) is -0.766. The smallest absolute Gasteiger partial charge is 0.330 e. The zero-order valence-corrected chi connectivity index (χ0v) is 34.7. The van der Waals surface area contributed by atoms with E-state index in [-0.39, 0.29) is 16.0 Å². The van der Waals surface area contributed by atoms with Crippen molar-refractivity contribution >= 4 is 29.1 Å². The molecule has 0 saturated carbocycles. The molecule has 0 radical (unpaired) electrons. The van der Waals surface area contributed by atoms with Gasteiger partial charge in [-0.05, 0) is 36.3 Å². The number of nitrogens with zero attached hydrogens (tertiary/aromatic N) is 3. The number of aliphatic hydroxyl groups is 2. The van der Waals surface area contributed by atoms with Gasteiger partial charge < -0.3 is 33.7 Å². The van der Waals surface area contributed by atoms with E-state index in [0.29, 0.717) is 6.29 Å². The Labute approximate surface area is 310 Å². The fraction of sp³-hybridized carbons (Fsp3) is 0.706. The lowest BCUT2D eigenvalue weighted by Crippen LogP contribution is -2.54. The molecule has 0 aliphatic carbocycles. The van der Waals surface area contributed by atoms with E-state index in [0.717, 1.165) is 6.21 Å². The molecule has 2 aromatic heterocycles. The van der Waals surface area contributed by atoms with Gasteiger partial charge in [0.25, 0.3) is 11.1 Å². The molecule has 8 unspecified atom stereocenters. The third kappa shape index (κ3) is 8.82. The molecule has 2 aromatic rings. The predicted octanol–water partition coefficient (Wildman–Crippen LogP) is 2.30. The second-order valence-electron chi connectivity index (χ2n) is 17.0. The molecule has 19 heteroatoms. The van der Waals surface area contributed by atoms with Crippen LogP contribution in [0.25, 0.3) is 0 Å². The van der Waals surface area contributed by atoms with Gasteiger partial charge in [-0.15, -0.1) is 0 Å². The number of carbonyl (C=O) groups is 1. The summed E-state index contributed by atoms with van der Waals surface area (Å²) < 4.78 is 27.3. The van der Waals surface area contributed by atoms with E-state index in [1.165, 1.54) is 33.7 Å². The summed E-state index contributed by atoms with van der Waals surface area (Å²) in [6.45, 7) is 23.3. The maximum absolute atomic E-state index is 12.2. The van der Waals surface area contributed by atoms with E-state index in [1.807, 2.05) is 20.0 Å². The fourth-order valence-corrected chi connectivity index (χ4v) is 8.70. The molecule has 0 aromatic carbocycles. The maximum Gasteiger partial charge on any atom is 0.330 e. The van der Waals surface area contributed by atoms with Crippen LogP contribution >= 0.6 is 0 Å². The Morgan fingerprint density at radius 3 is 1.43 bits per heavy atom. The van der Waals surface area contributed by atoms with Gasteiger partial charge in [0.05, 0.1) is 31.6 Å². The zero-order chi connectivity index (χ0) is 40.5. The molecule has 8 atom stereocenters. The molecular weight excluding hydrogens is 727 g/mol. The van der Waals surface area contributed by atoms with E-state index in [2.05, 4.69) is 69.8 Å². The number of aldehydes is 1. The van der Waals surface area contributed by atoms with Gasteiger partial charge in [0.15, 0.2) is 34.1 Å². The number of oxime groups is 1. The average Bonchev–Trinajstić information content (AvgIpc) is 3.46. The number of H-pyrrole nitrogens is 2. The largest absolute Gasteiger partial charge is 0.411 e. The molecule has 2 aliphatic rings. The van der Waals surface area contributed by atoms with Crippen molar-refractivity contribution in [2.24, 2.45) is 17.0 Å². The van der Waals surface area contributed by atoms with Gasteiger partial charge in [0, 0.05) is 36.4 Å². The quantitative estimate of drug-likeness (QED) is 0.0768. The molecule has 53 heavy (non-hydrogen) atoms. The summed E-state index contributed by atoms with van der Waals surface area (Å²) in [6.07, 6.45) is 1.31. The lowest BCUT2D eigenvalue weighted by Gasteiger charge is -2.42. The highest BCUT2D eigenvalue weighted by atomic mass is 28.4. The molecule has 2 fully saturated rings. The number of aliphatic hydroxyl groups excluding tert-OH is 2. The number of hydrogen-bond donors (Lipinski definition) is 5. The fourth-order valence-electron chi connectivity index (χ4n) is 5.89. The highest BCUT2D eigenvalue weighted by molar-refractivity contribution is 6.74. The zero-order valence-electron chi connectivity index (χ0n) is 32.7. The molecule has 0 amide bonds. The van der Waals surface area contributed by atoms with Gasteiger partial charge >= 0.3 is 11.4 Å². The normalized spacial score (nSPS) is 29.6. The molecule has 2 aliphatic heterocycles. The van der Waals surface area contributed by atoms with E-state index in [9.17, 15) is 34.2 Å². The first kappa shape index (κ1) is 44.1. The Kier molecular flexibility index (Phi) is 13.2. The van der Waals surface area contributed by atoms with Crippen LogP contribution in [0.3, 0.4) is 0 Å². The second kappa shape index (κ2) is 15.8. The molecule has 17 nitrogen and oxygen atoms in total. The van der Waals surface area contributed by atoms with Crippen LogP contribution in [-0.2, 0) is 23.1 Å². The van der Waals surface area contributed by atoms with E-state index in [4.69, 9.17) is 23.5 Å². The first-order valence-electron chi connectivity index (χ1n) is 17.5. The lowest BCUT2D eigenvalue weighted by atomic mass is 9.92. The van der Waals surface area contributed by atoms with Crippen LogP contribution in [0.2, 0.25) is 36.3 Å². The van der Waals surface area contributed by atoms with Crippen molar-refractivity contribution in [2.75, 3.05) is 13.2 Å². The van der Waals surface area contributed by atoms with Gasteiger partial charge in [0.1, 0.15) is 12.5 Å². The molecule has 2 saturated heterocycles. The third-order valence-corrected chi connectivity index (χ3v) is 20.1. The van der Waals surface area contributed by atoms with Crippen molar-refractivity contribution in [3.63, 3.8) is 0 Å². The molecule has 4 rings (SSSR count). The van der Waals surface area contributed by atoms with Crippen molar-refractivity contribution in [3.8, 4) is 0 Å². The Hall–Kier alpha value is -3.31. The van der Waals surface area contributed by atoms with Gasteiger partial charge in [-0.1, -0.05) is 60.5 Å². The molecule has 4 heterocycles. The monoisotopic (exact) mass is 783 g/mol.